The first-order chi connectivity index (χ1) is 8.29. The summed E-state index contributed by atoms with van der Waals surface area (Å²) in [5.41, 5.74) is 5.75. The molecule has 0 aliphatic heterocycles. The van der Waals surface area contributed by atoms with Crippen LogP contribution >= 0.6 is 15.9 Å². The molecule has 0 bridgehead atoms. The van der Waals surface area contributed by atoms with E-state index in [0.29, 0.717) is 0 Å². The van der Waals surface area contributed by atoms with E-state index in [0.717, 1.165) is 10.9 Å². The second-order valence-corrected chi connectivity index (χ2v) is 5.49. The van der Waals surface area contributed by atoms with Gasteiger partial charge in [-0.15, -0.1) is 0 Å². The Morgan fingerprint density at radius 3 is 2.59 bits per heavy atom. The van der Waals surface area contributed by atoms with Gasteiger partial charge in [0, 0.05) is 10.5 Å². The lowest BCUT2D eigenvalue weighted by Gasteiger charge is -2.22. The highest BCUT2D eigenvalue weighted by Gasteiger charge is 2.15. The number of nitrogens with two attached hydrogens (primary N) is 1. The minimum atomic E-state index is 0.288. The second-order valence-electron chi connectivity index (χ2n) is 4.57. The van der Waals surface area contributed by atoms with Crippen LogP contribution in [0.1, 0.15) is 31.2 Å². The number of halogens is 1. The molecular formula is C14H19BrN2. The first-order valence-electron chi connectivity index (χ1n) is 6.19. The molecule has 1 aliphatic carbocycles. The van der Waals surface area contributed by atoms with Crippen molar-refractivity contribution in [3.63, 3.8) is 0 Å². The Morgan fingerprint density at radius 2 is 2.00 bits per heavy atom. The summed E-state index contributed by atoms with van der Waals surface area (Å²) < 4.78 is 1.12. The van der Waals surface area contributed by atoms with Gasteiger partial charge in [0.1, 0.15) is 0 Å². The summed E-state index contributed by atoms with van der Waals surface area (Å²) in [7, 11) is 0. The molecule has 1 aromatic rings. The van der Waals surface area contributed by atoms with Crippen molar-refractivity contribution < 1.29 is 0 Å². The molecule has 92 valence electrons. The summed E-state index contributed by atoms with van der Waals surface area (Å²) in [5, 5.41) is 0. The molecule has 2 rings (SSSR count). The lowest BCUT2D eigenvalue weighted by atomic mass is 9.91. The molecule has 0 spiro atoms. The Kier molecular flexibility index (Phi) is 4.77. The van der Waals surface area contributed by atoms with E-state index < -0.39 is 0 Å². The predicted molar refractivity (Wildman–Crippen MR) is 75.5 cm³/mol. The molecule has 1 aliphatic rings. The van der Waals surface area contributed by atoms with Crippen LogP contribution in [0.3, 0.4) is 0 Å². The maximum Gasteiger partial charge on any atom is 0.0460 e. The van der Waals surface area contributed by atoms with Crippen molar-refractivity contribution in [2.24, 2.45) is 5.84 Å². The molecule has 1 atom stereocenters. The van der Waals surface area contributed by atoms with E-state index in [-0.39, 0.29) is 6.04 Å². The van der Waals surface area contributed by atoms with Gasteiger partial charge in [0.05, 0.1) is 0 Å². The third-order valence-corrected chi connectivity index (χ3v) is 3.86. The van der Waals surface area contributed by atoms with Gasteiger partial charge < -0.3 is 0 Å². The first-order valence-corrected chi connectivity index (χ1v) is 6.98. The van der Waals surface area contributed by atoms with Gasteiger partial charge in [0.15, 0.2) is 0 Å². The van der Waals surface area contributed by atoms with Crippen molar-refractivity contribution >= 4 is 15.9 Å². The molecule has 1 unspecified atom stereocenters. The van der Waals surface area contributed by atoms with Crippen LogP contribution in [0, 0.1) is 0 Å². The molecule has 3 heteroatoms. The maximum atomic E-state index is 5.68. The van der Waals surface area contributed by atoms with Crippen LogP contribution in [-0.4, -0.2) is 6.04 Å². The summed E-state index contributed by atoms with van der Waals surface area (Å²) in [6.45, 7) is 0. The highest BCUT2D eigenvalue weighted by Crippen LogP contribution is 2.22. The maximum absolute atomic E-state index is 5.68. The fourth-order valence-corrected chi connectivity index (χ4v) is 2.60. The van der Waals surface area contributed by atoms with E-state index in [1.165, 1.54) is 36.8 Å². The van der Waals surface area contributed by atoms with Crippen LogP contribution in [0.25, 0.3) is 0 Å². The van der Waals surface area contributed by atoms with Crippen molar-refractivity contribution in [3.8, 4) is 0 Å². The third kappa shape index (κ3) is 3.66. The van der Waals surface area contributed by atoms with Gasteiger partial charge in [-0.1, -0.05) is 39.7 Å². The summed E-state index contributed by atoms with van der Waals surface area (Å²) in [5.74, 6) is 5.68. The Labute approximate surface area is 111 Å². The topological polar surface area (TPSA) is 38.0 Å². The molecule has 0 saturated carbocycles. The zero-order valence-electron chi connectivity index (χ0n) is 9.95. The molecule has 0 heterocycles. The van der Waals surface area contributed by atoms with Crippen LogP contribution < -0.4 is 11.3 Å². The van der Waals surface area contributed by atoms with Gasteiger partial charge >= 0.3 is 0 Å². The Hall–Kier alpha value is -0.640. The van der Waals surface area contributed by atoms with Crippen LogP contribution in [0.15, 0.2) is 40.4 Å². The normalized spacial score (nSPS) is 17.6. The number of hydrazine groups is 1. The average molecular weight is 295 g/mol. The van der Waals surface area contributed by atoms with Gasteiger partial charge in [0.25, 0.3) is 0 Å². The number of benzene rings is 1. The first kappa shape index (κ1) is 12.8. The Morgan fingerprint density at radius 1 is 1.24 bits per heavy atom. The van der Waals surface area contributed by atoms with Gasteiger partial charge in [-0.25, -0.2) is 0 Å². The van der Waals surface area contributed by atoms with E-state index in [1.807, 2.05) is 0 Å². The number of hydrogen-bond acceptors (Lipinski definition) is 2. The van der Waals surface area contributed by atoms with E-state index in [4.69, 9.17) is 5.84 Å². The standard InChI is InChI=1S/C14H19BrN2/c15-13-8-6-11(7-9-13)10-14(17-16)12-4-2-1-3-5-12/h4,6-9,14,17H,1-3,5,10,16H2. The minimum Gasteiger partial charge on any atom is -0.271 e. The van der Waals surface area contributed by atoms with Gasteiger partial charge in [0.2, 0.25) is 0 Å². The average Bonchev–Trinajstić information content (AvgIpc) is 2.39. The molecule has 1 aromatic carbocycles. The minimum absolute atomic E-state index is 0.288. The van der Waals surface area contributed by atoms with Crippen molar-refractivity contribution in [3.05, 3.63) is 46.0 Å². The monoisotopic (exact) mass is 294 g/mol. The number of allylic oxidation sites excluding steroid dienone is 1. The zero-order valence-corrected chi connectivity index (χ0v) is 11.5. The van der Waals surface area contributed by atoms with Gasteiger partial charge in [-0.2, -0.15) is 0 Å². The smallest absolute Gasteiger partial charge is 0.0460 e. The van der Waals surface area contributed by atoms with Crippen LogP contribution in [0.5, 0.6) is 0 Å². The molecular weight excluding hydrogens is 276 g/mol. The van der Waals surface area contributed by atoms with Crippen molar-refractivity contribution in [1.82, 2.24) is 5.43 Å². The summed E-state index contributed by atoms with van der Waals surface area (Å²) in [6.07, 6.45) is 8.32. The molecule has 0 amide bonds. The lowest BCUT2D eigenvalue weighted by molar-refractivity contribution is 0.542. The third-order valence-electron chi connectivity index (χ3n) is 3.33. The lowest BCUT2D eigenvalue weighted by Crippen LogP contribution is -2.38. The molecule has 0 saturated heterocycles. The van der Waals surface area contributed by atoms with E-state index >= 15 is 0 Å². The molecule has 0 aromatic heterocycles. The molecule has 17 heavy (non-hydrogen) atoms. The van der Waals surface area contributed by atoms with Crippen molar-refractivity contribution in [2.75, 3.05) is 0 Å². The van der Waals surface area contributed by atoms with Crippen LogP contribution in [0.2, 0.25) is 0 Å². The number of hydrogen-bond donors (Lipinski definition) is 2. The Bertz CT molecular complexity index is 384. The van der Waals surface area contributed by atoms with E-state index in [2.05, 4.69) is 51.7 Å². The molecule has 0 radical (unpaired) electrons. The summed E-state index contributed by atoms with van der Waals surface area (Å²) >= 11 is 3.45. The Balaban J connectivity index is 2.04. The van der Waals surface area contributed by atoms with E-state index in [1.54, 1.807) is 0 Å². The number of rotatable bonds is 4. The number of nitrogens with one attached hydrogen (secondary N) is 1. The van der Waals surface area contributed by atoms with Crippen molar-refractivity contribution in [1.29, 1.82) is 0 Å². The van der Waals surface area contributed by atoms with Gasteiger partial charge in [-0.3, -0.25) is 11.3 Å². The van der Waals surface area contributed by atoms with Gasteiger partial charge in [-0.05, 0) is 49.8 Å². The summed E-state index contributed by atoms with van der Waals surface area (Å²) in [6, 6.07) is 8.75. The van der Waals surface area contributed by atoms with Crippen LogP contribution in [0.4, 0.5) is 0 Å². The quantitative estimate of drug-likeness (QED) is 0.508. The summed E-state index contributed by atoms with van der Waals surface area (Å²) in [4.78, 5) is 0. The molecule has 2 nitrogen and oxygen atoms in total. The highest BCUT2D eigenvalue weighted by molar-refractivity contribution is 9.10. The zero-order chi connectivity index (χ0) is 12.1. The predicted octanol–water partition coefficient (Wildman–Crippen LogP) is 3.32. The van der Waals surface area contributed by atoms with E-state index in [9.17, 15) is 0 Å². The van der Waals surface area contributed by atoms with Crippen LogP contribution in [-0.2, 0) is 6.42 Å². The SMILES string of the molecule is NNC(Cc1ccc(Br)cc1)C1=CCCCC1. The molecule has 0 fully saturated rings. The van der Waals surface area contributed by atoms with Crippen molar-refractivity contribution in [2.45, 2.75) is 38.1 Å². The molecule has 3 N–H and O–H groups in total. The highest BCUT2D eigenvalue weighted by atomic mass is 79.9. The fourth-order valence-electron chi connectivity index (χ4n) is 2.33. The largest absolute Gasteiger partial charge is 0.271 e. The second kappa shape index (κ2) is 6.34. The fraction of sp³-hybridized carbons (Fsp3) is 0.429.